The van der Waals surface area contributed by atoms with Crippen molar-refractivity contribution in [2.45, 2.75) is 50.8 Å². The van der Waals surface area contributed by atoms with Crippen molar-refractivity contribution in [1.29, 1.82) is 0 Å². The van der Waals surface area contributed by atoms with Crippen molar-refractivity contribution in [3.05, 3.63) is 0 Å². The largest absolute Gasteiger partial charge is 0.338 e. The Labute approximate surface area is 71.0 Å². The van der Waals surface area contributed by atoms with Gasteiger partial charge in [-0.1, -0.05) is 50.8 Å². The number of hydrogen-bond acceptors (Lipinski definition) is 1. The van der Waals surface area contributed by atoms with Gasteiger partial charge in [0.1, 0.15) is 7.28 Å². The maximum atomic E-state index is 5.55. The molecule has 0 heterocycles. The molecule has 0 saturated heterocycles. The van der Waals surface area contributed by atoms with Crippen LogP contribution < -0.4 is 5.73 Å². The second kappa shape index (κ2) is 5.65. The van der Waals surface area contributed by atoms with Crippen LogP contribution in [-0.4, -0.2) is 13.7 Å². The topological polar surface area (TPSA) is 26.0 Å². The van der Waals surface area contributed by atoms with Gasteiger partial charge in [-0.05, 0) is 6.44 Å². The second-order valence-corrected chi connectivity index (χ2v) is 3.79. The van der Waals surface area contributed by atoms with E-state index in [1.54, 1.807) is 0 Å². The fourth-order valence-electron chi connectivity index (χ4n) is 2.07. The summed E-state index contributed by atoms with van der Waals surface area (Å²) in [5, 5.41) is 0. The molecule has 2 heteroatoms. The quantitative estimate of drug-likeness (QED) is 0.602. The van der Waals surface area contributed by atoms with Crippen LogP contribution in [0.15, 0.2) is 0 Å². The van der Waals surface area contributed by atoms with Gasteiger partial charge in [-0.3, -0.25) is 0 Å². The third-order valence-corrected chi connectivity index (χ3v) is 2.80. The molecule has 1 aliphatic rings. The molecule has 0 aliphatic heterocycles. The van der Waals surface area contributed by atoms with Gasteiger partial charge in [0, 0.05) is 0 Å². The zero-order valence-corrected chi connectivity index (χ0v) is 7.52. The van der Waals surface area contributed by atoms with Crippen LogP contribution in [0.2, 0.25) is 5.82 Å². The Morgan fingerprint density at radius 3 is 2.09 bits per heavy atom. The van der Waals surface area contributed by atoms with E-state index in [2.05, 4.69) is 0 Å². The summed E-state index contributed by atoms with van der Waals surface area (Å²) < 4.78 is 0. The summed E-state index contributed by atoms with van der Waals surface area (Å²) >= 11 is 0. The lowest BCUT2D eigenvalue weighted by Gasteiger charge is -2.17. The van der Waals surface area contributed by atoms with Crippen molar-refractivity contribution in [3.8, 4) is 0 Å². The van der Waals surface area contributed by atoms with E-state index < -0.39 is 0 Å². The van der Waals surface area contributed by atoms with Crippen LogP contribution >= 0.6 is 0 Å². The molecule has 0 bridgehead atoms. The average Bonchev–Trinajstić information content (AvgIpc) is 1.94. The van der Waals surface area contributed by atoms with Crippen molar-refractivity contribution < 1.29 is 0 Å². The minimum atomic E-state index is 0.894. The van der Waals surface area contributed by atoms with Crippen LogP contribution in [-0.2, 0) is 0 Å². The zero-order chi connectivity index (χ0) is 7.94. The number of hydrogen-bond donors (Lipinski definition) is 1. The first-order valence-corrected chi connectivity index (χ1v) is 5.13. The smallest absolute Gasteiger partial charge is 0.140 e. The first-order chi connectivity index (χ1) is 5.43. The van der Waals surface area contributed by atoms with Crippen LogP contribution in [0, 0.1) is 0 Å². The van der Waals surface area contributed by atoms with Crippen LogP contribution in [0.4, 0.5) is 0 Å². The summed E-state index contributed by atoms with van der Waals surface area (Å²) in [5.74, 6) is 0.959. The number of rotatable bonds is 2. The van der Waals surface area contributed by atoms with E-state index >= 15 is 0 Å². The van der Waals surface area contributed by atoms with E-state index in [-0.39, 0.29) is 0 Å². The summed E-state index contributed by atoms with van der Waals surface area (Å²) in [5.41, 5.74) is 5.55. The fourth-order valence-corrected chi connectivity index (χ4v) is 2.07. The first-order valence-electron chi connectivity index (χ1n) is 5.13. The van der Waals surface area contributed by atoms with E-state index in [4.69, 9.17) is 5.73 Å². The third-order valence-electron chi connectivity index (χ3n) is 2.80. The molecule has 11 heavy (non-hydrogen) atoms. The first kappa shape index (κ1) is 9.12. The lowest BCUT2D eigenvalue weighted by Crippen LogP contribution is -2.16. The lowest BCUT2D eigenvalue weighted by atomic mass is 9.60. The van der Waals surface area contributed by atoms with Gasteiger partial charge in [0.25, 0.3) is 0 Å². The Morgan fingerprint density at radius 1 is 1.00 bits per heavy atom. The standard InChI is InChI=1S/C9H20BN/c11-8-10-9-6-4-2-1-3-5-7-9/h9-10H,1-8,11H2. The molecule has 1 aliphatic carbocycles. The van der Waals surface area contributed by atoms with Crippen LogP contribution in [0.25, 0.3) is 0 Å². The lowest BCUT2D eigenvalue weighted by molar-refractivity contribution is 0.501. The molecule has 0 amide bonds. The molecule has 0 radical (unpaired) electrons. The molecule has 1 fully saturated rings. The van der Waals surface area contributed by atoms with Gasteiger partial charge in [0.15, 0.2) is 0 Å². The molecular formula is C9H20BN. The van der Waals surface area contributed by atoms with Crippen molar-refractivity contribution in [2.75, 3.05) is 6.44 Å². The summed E-state index contributed by atoms with van der Waals surface area (Å²) in [7, 11) is 1.26. The highest BCUT2D eigenvalue weighted by atomic mass is 14.5. The molecule has 2 N–H and O–H groups in total. The van der Waals surface area contributed by atoms with E-state index in [0.717, 1.165) is 12.3 Å². The molecule has 1 nitrogen and oxygen atoms in total. The van der Waals surface area contributed by atoms with Crippen LogP contribution in [0.3, 0.4) is 0 Å². The number of nitrogens with two attached hydrogens (primary N) is 1. The van der Waals surface area contributed by atoms with Crippen molar-refractivity contribution in [1.82, 2.24) is 0 Å². The Bertz CT molecular complexity index is 87.6. The second-order valence-electron chi connectivity index (χ2n) is 3.79. The maximum absolute atomic E-state index is 5.55. The predicted octanol–water partition coefficient (Wildman–Crippen LogP) is 1.87. The molecule has 1 rings (SSSR count). The fraction of sp³-hybridized carbons (Fsp3) is 1.00. The summed E-state index contributed by atoms with van der Waals surface area (Å²) in [6.45, 7) is 0. The van der Waals surface area contributed by atoms with Crippen LogP contribution in [0.1, 0.15) is 44.9 Å². The van der Waals surface area contributed by atoms with Gasteiger partial charge in [0.05, 0.1) is 0 Å². The SMILES string of the molecule is NCBC1CCCCCCC1. The molecule has 0 spiro atoms. The highest BCUT2D eigenvalue weighted by Crippen LogP contribution is 2.25. The van der Waals surface area contributed by atoms with Gasteiger partial charge in [0.2, 0.25) is 0 Å². The summed E-state index contributed by atoms with van der Waals surface area (Å²) in [6.07, 6.45) is 11.1. The Balaban J connectivity index is 2.15. The Morgan fingerprint density at radius 2 is 1.55 bits per heavy atom. The van der Waals surface area contributed by atoms with Gasteiger partial charge < -0.3 is 5.73 Å². The van der Waals surface area contributed by atoms with E-state index in [0.29, 0.717) is 0 Å². The zero-order valence-electron chi connectivity index (χ0n) is 7.52. The third kappa shape index (κ3) is 3.81. The van der Waals surface area contributed by atoms with Crippen molar-refractivity contribution in [3.63, 3.8) is 0 Å². The minimum Gasteiger partial charge on any atom is -0.338 e. The molecule has 0 atom stereocenters. The summed E-state index contributed by atoms with van der Waals surface area (Å²) in [4.78, 5) is 0. The van der Waals surface area contributed by atoms with Gasteiger partial charge in [-0.25, -0.2) is 0 Å². The summed E-state index contributed by atoms with van der Waals surface area (Å²) in [6, 6.07) is 0. The van der Waals surface area contributed by atoms with E-state index in [9.17, 15) is 0 Å². The van der Waals surface area contributed by atoms with Gasteiger partial charge >= 0.3 is 0 Å². The molecule has 0 aromatic carbocycles. The van der Waals surface area contributed by atoms with Crippen LogP contribution in [0.5, 0.6) is 0 Å². The van der Waals surface area contributed by atoms with Crippen molar-refractivity contribution in [2.24, 2.45) is 5.73 Å². The highest BCUT2D eigenvalue weighted by Gasteiger charge is 2.10. The monoisotopic (exact) mass is 153 g/mol. The maximum Gasteiger partial charge on any atom is 0.140 e. The van der Waals surface area contributed by atoms with Crippen molar-refractivity contribution >= 4 is 7.28 Å². The molecular weight excluding hydrogens is 133 g/mol. The average molecular weight is 153 g/mol. The molecule has 0 aromatic heterocycles. The minimum absolute atomic E-state index is 0.894. The van der Waals surface area contributed by atoms with E-state index in [1.165, 1.54) is 52.2 Å². The Hall–Kier alpha value is 0.0249. The highest BCUT2D eigenvalue weighted by molar-refractivity contribution is 6.37. The molecule has 1 saturated carbocycles. The molecule has 64 valence electrons. The van der Waals surface area contributed by atoms with Gasteiger partial charge in [-0.2, -0.15) is 0 Å². The van der Waals surface area contributed by atoms with E-state index in [1.807, 2.05) is 0 Å². The molecule has 0 unspecified atom stereocenters. The van der Waals surface area contributed by atoms with Gasteiger partial charge in [-0.15, -0.1) is 0 Å². The Kier molecular flexibility index (Phi) is 4.68. The normalized spacial score (nSPS) is 22.3. The molecule has 0 aromatic rings. The predicted molar refractivity (Wildman–Crippen MR) is 52.3 cm³/mol.